The highest BCUT2D eigenvalue weighted by atomic mass is 16.3. The minimum Gasteiger partial charge on any atom is -0.456 e. The molecule has 0 N–H and O–H groups in total. The van der Waals surface area contributed by atoms with Crippen LogP contribution in [0.5, 0.6) is 0 Å². The van der Waals surface area contributed by atoms with Crippen LogP contribution >= 0.6 is 0 Å². The topological polar surface area (TPSA) is 18.1 Å². The van der Waals surface area contributed by atoms with Crippen molar-refractivity contribution in [2.24, 2.45) is 17.8 Å². The fourth-order valence-corrected chi connectivity index (χ4v) is 10.4. The van der Waals surface area contributed by atoms with Crippen molar-refractivity contribution >= 4 is 49.3 Å². The van der Waals surface area contributed by atoms with E-state index in [4.69, 9.17) is 4.42 Å². The first-order valence-electron chi connectivity index (χ1n) is 18.3. The smallest absolute Gasteiger partial charge is 0.135 e. The van der Waals surface area contributed by atoms with Gasteiger partial charge in [0.25, 0.3) is 0 Å². The number of rotatable bonds is 2. The second-order valence-electron chi connectivity index (χ2n) is 15.5. The van der Waals surface area contributed by atoms with Crippen molar-refractivity contribution in [2.75, 3.05) is 0 Å². The molecule has 0 saturated heterocycles. The van der Waals surface area contributed by atoms with Gasteiger partial charge in [-0.2, -0.15) is 0 Å². The fraction of sp³-hybridized carbons (Fsp3) is 0.234. The van der Waals surface area contributed by atoms with Crippen LogP contribution in [0.4, 0.5) is 0 Å². The molecule has 3 atom stereocenters. The van der Waals surface area contributed by atoms with Crippen molar-refractivity contribution in [2.45, 2.75) is 51.4 Å². The minimum atomic E-state index is -0.176. The molecule has 2 heterocycles. The molecule has 4 aliphatic rings. The number of allylic oxidation sites excluding steroid dienone is 6. The lowest BCUT2D eigenvalue weighted by atomic mass is 9.63. The third-order valence-corrected chi connectivity index (χ3v) is 12.7. The van der Waals surface area contributed by atoms with E-state index in [0.29, 0.717) is 5.92 Å². The normalized spacial score (nSPS) is 22.2. The molecular formula is C47H39NO. The molecule has 11 rings (SSSR count). The van der Waals surface area contributed by atoms with Gasteiger partial charge in [0.15, 0.2) is 0 Å². The average Bonchev–Trinajstić information content (AvgIpc) is 3.76. The van der Waals surface area contributed by atoms with Crippen LogP contribution in [0.15, 0.2) is 131 Å². The van der Waals surface area contributed by atoms with Crippen LogP contribution in [0.2, 0.25) is 0 Å². The van der Waals surface area contributed by atoms with Crippen LogP contribution in [-0.2, 0) is 5.41 Å². The molecule has 1 fully saturated rings. The van der Waals surface area contributed by atoms with Gasteiger partial charge in [-0.1, -0.05) is 98.3 Å². The van der Waals surface area contributed by atoms with Gasteiger partial charge in [-0.05, 0) is 126 Å². The SMILES string of the molecule is CC1(C)c2cc(-n3c4ccccc4c4cc(C5=CCC6C(=C5)CCC5CCC=CC56)ccc43)ccc2-c2ccc3oc4ccccc4c3c21. The van der Waals surface area contributed by atoms with Crippen LogP contribution in [0.25, 0.3) is 66.1 Å². The summed E-state index contributed by atoms with van der Waals surface area (Å²) in [4.78, 5) is 0. The molecule has 7 aromatic rings. The van der Waals surface area contributed by atoms with Crippen molar-refractivity contribution < 1.29 is 4.42 Å². The van der Waals surface area contributed by atoms with Gasteiger partial charge in [-0.15, -0.1) is 0 Å². The summed E-state index contributed by atoms with van der Waals surface area (Å²) in [5.41, 5.74) is 15.3. The Hall–Kier alpha value is -5.08. The van der Waals surface area contributed by atoms with Crippen LogP contribution < -0.4 is 0 Å². The summed E-state index contributed by atoms with van der Waals surface area (Å²) in [6.45, 7) is 4.77. The lowest BCUT2D eigenvalue weighted by Crippen LogP contribution is -2.31. The molecule has 0 aliphatic heterocycles. The summed E-state index contributed by atoms with van der Waals surface area (Å²) in [5.74, 6) is 2.32. The van der Waals surface area contributed by atoms with Gasteiger partial charge in [0, 0.05) is 32.6 Å². The number of furan rings is 1. The van der Waals surface area contributed by atoms with Crippen LogP contribution in [0, 0.1) is 17.8 Å². The molecule has 4 aliphatic carbocycles. The van der Waals surface area contributed by atoms with Crippen molar-refractivity contribution in [3.63, 3.8) is 0 Å². The Morgan fingerprint density at radius 2 is 1.59 bits per heavy atom. The summed E-state index contributed by atoms with van der Waals surface area (Å²) in [6.07, 6.45) is 16.5. The highest BCUT2D eigenvalue weighted by Crippen LogP contribution is 2.54. The maximum atomic E-state index is 6.34. The number of nitrogens with zero attached hydrogens (tertiary/aromatic N) is 1. The minimum absolute atomic E-state index is 0.176. The first-order valence-corrected chi connectivity index (χ1v) is 18.3. The zero-order valence-electron chi connectivity index (χ0n) is 28.2. The largest absolute Gasteiger partial charge is 0.456 e. The van der Waals surface area contributed by atoms with Gasteiger partial charge in [0.2, 0.25) is 0 Å². The van der Waals surface area contributed by atoms with Gasteiger partial charge in [0.1, 0.15) is 11.2 Å². The lowest BCUT2D eigenvalue weighted by Gasteiger charge is -2.41. The van der Waals surface area contributed by atoms with E-state index in [2.05, 4.69) is 140 Å². The molecule has 0 radical (unpaired) electrons. The van der Waals surface area contributed by atoms with E-state index in [0.717, 1.165) is 23.0 Å². The van der Waals surface area contributed by atoms with Crippen LogP contribution in [0.3, 0.4) is 0 Å². The van der Waals surface area contributed by atoms with Crippen LogP contribution in [-0.4, -0.2) is 4.57 Å². The number of fused-ring (bicyclic) bond motifs is 13. The summed E-state index contributed by atoms with van der Waals surface area (Å²) in [5, 5.41) is 5.08. The molecule has 2 aromatic heterocycles. The monoisotopic (exact) mass is 633 g/mol. The van der Waals surface area contributed by atoms with E-state index in [-0.39, 0.29) is 5.41 Å². The Morgan fingerprint density at radius 3 is 2.53 bits per heavy atom. The third-order valence-electron chi connectivity index (χ3n) is 12.7. The van der Waals surface area contributed by atoms with Gasteiger partial charge >= 0.3 is 0 Å². The molecule has 2 nitrogen and oxygen atoms in total. The molecule has 238 valence electrons. The van der Waals surface area contributed by atoms with Crippen molar-refractivity contribution in [1.82, 2.24) is 4.57 Å². The van der Waals surface area contributed by atoms with E-state index in [9.17, 15) is 0 Å². The Kier molecular flexibility index (Phi) is 5.67. The summed E-state index contributed by atoms with van der Waals surface area (Å²) in [7, 11) is 0. The molecule has 3 unspecified atom stereocenters. The van der Waals surface area contributed by atoms with Crippen molar-refractivity contribution in [3.8, 4) is 16.8 Å². The standard InChI is InChI=1S/C47H39NO/c1-47(2)40-27-32(19-21-35(40)37-22-24-44-45(46(37)47)38-12-6-8-14-43(38)49-44)48-41-13-7-5-11-36(41)39-26-30(18-23-42(39)48)29-17-20-34-31(25-29)16-15-28-9-3-4-10-33(28)34/h4-8,10-14,17-19,21-28,33-34H,3,9,15-16,20H2,1-2H3. The van der Waals surface area contributed by atoms with E-state index in [1.54, 1.807) is 5.57 Å². The number of hydrogen-bond acceptors (Lipinski definition) is 1. The Labute approximate surface area is 287 Å². The highest BCUT2D eigenvalue weighted by molar-refractivity contribution is 6.12. The zero-order valence-corrected chi connectivity index (χ0v) is 28.2. The second kappa shape index (κ2) is 9.98. The van der Waals surface area contributed by atoms with Gasteiger partial charge in [-0.25, -0.2) is 0 Å². The van der Waals surface area contributed by atoms with Crippen molar-refractivity contribution in [3.05, 3.63) is 144 Å². The second-order valence-corrected chi connectivity index (χ2v) is 15.5. The third kappa shape index (κ3) is 3.83. The van der Waals surface area contributed by atoms with E-state index >= 15 is 0 Å². The van der Waals surface area contributed by atoms with E-state index < -0.39 is 0 Å². The lowest BCUT2D eigenvalue weighted by molar-refractivity contribution is 0.228. The molecule has 1 saturated carbocycles. The van der Waals surface area contributed by atoms with E-state index in [1.165, 1.54) is 104 Å². The Morgan fingerprint density at radius 1 is 0.755 bits per heavy atom. The highest BCUT2D eigenvalue weighted by Gasteiger charge is 2.39. The Balaban J connectivity index is 1.03. The molecule has 0 amide bonds. The predicted molar refractivity (Wildman–Crippen MR) is 204 cm³/mol. The van der Waals surface area contributed by atoms with Crippen LogP contribution in [0.1, 0.15) is 62.6 Å². The van der Waals surface area contributed by atoms with E-state index in [1.807, 2.05) is 0 Å². The quantitative estimate of drug-likeness (QED) is 0.173. The first-order chi connectivity index (χ1) is 24.0. The molecule has 5 aromatic carbocycles. The zero-order chi connectivity index (χ0) is 32.4. The van der Waals surface area contributed by atoms with Gasteiger partial charge in [0.05, 0.1) is 11.0 Å². The van der Waals surface area contributed by atoms with Crippen molar-refractivity contribution in [1.29, 1.82) is 0 Å². The maximum Gasteiger partial charge on any atom is 0.135 e. The fourth-order valence-electron chi connectivity index (χ4n) is 10.4. The van der Waals surface area contributed by atoms with Gasteiger partial charge in [-0.3, -0.25) is 0 Å². The Bertz CT molecular complexity index is 2630. The number of para-hydroxylation sites is 2. The molecule has 49 heavy (non-hydrogen) atoms. The number of hydrogen-bond donors (Lipinski definition) is 0. The molecule has 0 bridgehead atoms. The number of aromatic nitrogens is 1. The molecule has 2 heteroatoms. The average molecular weight is 634 g/mol. The molecule has 0 spiro atoms. The summed E-state index contributed by atoms with van der Waals surface area (Å²) >= 11 is 0. The maximum absolute atomic E-state index is 6.34. The summed E-state index contributed by atoms with van der Waals surface area (Å²) in [6, 6.07) is 36.2. The predicted octanol–water partition coefficient (Wildman–Crippen LogP) is 12.7. The first kappa shape index (κ1) is 27.8. The summed E-state index contributed by atoms with van der Waals surface area (Å²) < 4.78 is 8.82. The van der Waals surface area contributed by atoms with Gasteiger partial charge < -0.3 is 8.98 Å². The number of benzene rings is 5. The molecular weight excluding hydrogens is 595 g/mol.